The minimum absolute atomic E-state index is 0.146. The Labute approximate surface area is 341 Å². The van der Waals surface area contributed by atoms with Crippen LogP contribution in [0.1, 0.15) is 63.8 Å². The smallest absolute Gasteiger partial charge is 0.327 e. The van der Waals surface area contributed by atoms with Crippen LogP contribution < -0.4 is 22.2 Å². The van der Waals surface area contributed by atoms with Gasteiger partial charge in [0.2, 0.25) is 0 Å². The maximum atomic E-state index is 11.6. The Morgan fingerprint density at radius 2 is 1.10 bits per heavy atom. The van der Waals surface area contributed by atoms with Gasteiger partial charge in [-0.1, -0.05) is 49.2 Å². The predicted octanol–water partition coefficient (Wildman–Crippen LogP) is 3.64. The number of allylic oxidation sites excluding steroid dienone is 4. The predicted molar refractivity (Wildman–Crippen MR) is 214 cm³/mol. The summed E-state index contributed by atoms with van der Waals surface area (Å²) in [6, 6.07) is 11.6. The van der Waals surface area contributed by atoms with Crippen LogP contribution in [-0.2, 0) is 43.5 Å². The number of rotatable bonds is 8. The molecule has 4 aromatic rings. The number of methoxy groups -OCH3 is 2. The highest BCUT2D eigenvalue weighted by Crippen LogP contribution is 2.29. The van der Waals surface area contributed by atoms with Gasteiger partial charge in [-0.3, -0.25) is 33.6 Å². The number of carboxylic acids is 1. The summed E-state index contributed by atoms with van der Waals surface area (Å²) in [5.74, 6) is -0.703. The molecule has 2 aliphatic rings. The van der Waals surface area contributed by atoms with E-state index < -0.39 is 30.0 Å². The highest BCUT2D eigenvalue weighted by atomic mass is 35.5. The standard InChI is InChI=1S/C14H18N2O3.C13H16N2O3.C7H7ClN2O3.C4H3ClN2O/c1-10-3-5-11(6-4-10)12-7-8-13(17)16(15-12)9-14(18)19-2;1-9-2-4-10(5-3-9)11-6-7-12(16)15(14-11)8-13(17)18;1-13-7(12)4-10-6(11)3-2-5(8)9-10;5-3-1-2-4(8)7-6-3/h5,7-8,10H,3-4,6,9H2,1-2H3;4,6-7,9H,2-3,5,8H2,1H3,(H,17,18);2-3H,4H2,1H3;1-2H,(H,7,8). The zero-order valence-corrected chi connectivity index (χ0v) is 33.8. The lowest BCUT2D eigenvalue weighted by Crippen LogP contribution is -2.27. The molecule has 310 valence electrons. The van der Waals surface area contributed by atoms with Gasteiger partial charge in [-0.05, 0) is 85.8 Å². The van der Waals surface area contributed by atoms with Gasteiger partial charge in [0.15, 0.2) is 0 Å². The second-order valence-corrected chi connectivity index (χ2v) is 13.9. The third kappa shape index (κ3) is 15.9. The fraction of sp³-hybridized carbons (Fsp3) is 0.395. The molecule has 0 aromatic carbocycles. The third-order valence-electron chi connectivity index (χ3n) is 8.51. The molecule has 2 aliphatic carbocycles. The molecule has 0 saturated carbocycles. The number of ether oxygens (including phenoxy) is 2. The number of aliphatic carboxylic acids is 1. The lowest BCUT2D eigenvalue weighted by molar-refractivity contribution is -0.142. The van der Waals surface area contributed by atoms with Crippen molar-refractivity contribution in [3.63, 3.8) is 0 Å². The quantitative estimate of drug-likeness (QED) is 0.241. The van der Waals surface area contributed by atoms with E-state index in [1.807, 2.05) is 0 Å². The van der Waals surface area contributed by atoms with Crippen LogP contribution in [0.25, 0.3) is 11.1 Å². The highest BCUT2D eigenvalue weighted by Gasteiger charge is 2.16. The summed E-state index contributed by atoms with van der Waals surface area (Å²) in [5.41, 5.74) is 2.43. The fourth-order valence-electron chi connectivity index (χ4n) is 5.23. The molecular formula is C38H44Cl2N8O10. The maximum absolute atomic E-state index is 11.6. The monoisotopic (exact) mass is 842 g/mol. The second kappa shape index (κ2) is 23.3. The molecule has 0 radical (unpaired) electrons. The number of H-pyrrole nitrogens is 1. The van der Waals surface area contributed by atoms with Crippen LogP contribution in [0, 0.1) is 11.8 Å². The van der Waals surface area contributed by atoms with Crippen LogP contribution in [0.3, 0.4) is 0 Å². The van der Waals surface area contributed by atoms with Crippen LogP contribution in [0.4, 0.5) is 0 Å². The Morgan fingerprint density at radius 1 is 0.672 bits per heavy atom. The van der Waals surface area contributed by atoms with Crippen molar-refractivity contribution in [3.05, 3.63) is 124 Å². The molecule has 0 aliphatic heterocycles. The first-order valence-electron chi connectivity index (χ1n) is 17.9. The van der Waals surface area contributed by atoms with E-state index in [-0.39, 0.29) is 34.9 Å². The number of esters is 2. The number of hydrogen-bond donors (Lipinski definition) is 2. The lowest BCUT2D eigenvalue weighted by atomic mass is 9.90. The van der Waals surface area contributed by atoms with E-state index in [0.717, 1.165) is 69.4 Å². The fourth-order valence-corrected chi connectivity index (χ4v) is 5.49. The number of hydrogen-bond acceptors (Lipinski definition) is 13. The Hall–Kier alpha value is -6.01. The molecule has 2 N–H and O–H groups in total. The first-order chi connectivity index (χ1) is 27.6. The van der Waals surface area contributed by atoms with E-state index in [0.29, 0.717) is 22.7 Å². The van der Waals surface area contributed by atoms with Gasteiger partial charge in [0.25, 0.3) is 22.2 Å². The normalized spacial score (nSPS) is 15.6. The van der Waals surface area contributed by atoms with Gasteiger partial charge in [-0.25, -0.2) is 19.1 Å². The molecule has 0 spiro atoms. The van der Waals surface area contributed by atoms with Gasteiger partial charge in [0.1, 0.15) is 29.9 Å². The summed E-state index contributed by atoms with van der Waals surface area (Å²) >= 11 is 10.9. The van der Waals surface area contributed by atoms with Crippen molar-refractivity contribution in [1.29, 1.82) is 0 Å². The van der Waals surface area contributed by atoms with Crippen molar-refractivity contribution in [2.24, 2.45) is 11.8 Å². The van der Waals surface area contributed by atoms with Crippen LogP contribution in [0.15, 0.2) is 79.9 Å². The van der Waals surface area contributed by atoms with Crippen LogP contribution in [0.2, 0.25) is 10.3 Å². The third-order valence-corrected chi connectivity index (χ3v) is 8.93. The number of carboxylic acid groups (broad SMARTS) is 1. The average Bonchev–Trinajstić information content (AvgIpc) is 3.20. The molecule has 4 heterocycles. The summed E-state index contributed by atoms with van der Waals surface area (Å²) in [6.45, 7) is 3.66. The van der Waals surface area contributed by atoms with Crippen LogP contribution in [-0.4, -0.2) is 76.8 Å². The molecule has 18 nitrogen and oxygen atoms in total. The zero-order valence-electron chi connectivity index (χ0n) is 32.3. The van der Waals surface area contributed by atoms with Gasteiger partial charge in [-0.2, -0.15) is 20.4 Å². The highest BCUT2D eigenvalue weighted by molar-refractivity contribution is 6.29. The summed E-state index contributed by atoms with van der Waals surface area (Å²) in [4.78, 5) is 77.0. The van der Waals surface area contributed by atoms with Crippen molar-refractivity contribution in [2.45, 2.75) is 72.0 Å². The Morgan fingerprint density at radius 3 is 1.48 bits per heavy atom. The van der Waals surface area contributed by atoms with Gasteiger partial charge in [0, 0.05) is 24.3 Å². The first-order valence-corrected chi connectivity index (χ1v) is 18.7. The molecule has 6 rings (SSSR count). The number of nitrogens with zero attached hydrogens (tertiary/aromatic N) is 7. The van der Waals surface area contributed by atoms with Crippen molar-refractivity contribution in [2.75, 3.05) is 14.2 Å². The zero-order chi connectivity index (χ0) is 42.8. The second-order valence-electron chi connectivity index (χ2n) is 13.1. The van der Waals surface area contributed by atoms with E-state index >= 15 is 0 Å². The summed E-state index contributed by atoms with van der Waals surface area (Å²) in [7, 11) is 2.53. The first kappa shape index (κ1) is 46.4. The Kier molecular flexibility index (Phi) is 18.6. The van der Waals surface area contributed by atoms with Crippen molar-refractivity contribution < 1.29 is 29.0 Å². The number of aromatic amines is 1. The van der Waals surface area contributed by atoms with E-state index in [1.54, 1.807) is 12.1 Å². The molecule has 4 aromatic heterocycles. The largest absolute Gasteiger partial charge is 0.480 e. The maximum Gasteiger partial charge on any atom is 0.327 e. The van der Waals surface area contributed by atoms with Gasteiger partial charge in [0.05, 0.1) is 25.6 Å². The summed E-state index contributed by atoms with van der Waals surface area (Å²) in [6.07, 6.45) is 10.5. The molecule has 0 fully saturated rings. The van der Waals surface area contributed by atoms with Crippen LogP contribution >= 0.6 is 23.2 Å². The molecule has 0 bridgehead atoms. The number of nitrogens with one attached hydrogen (secondary N) is 1. The van der Waals surface area contributed by atoms with Gasteiger partial charge in [-0.15, -0.1) is 0 Å². The number of carbonyl (C=O) groups excluding carboxylic acids is 2. The molecule has 0 saturated heterocycles. The molecule has 2 atom stereocenters. The van der Waals surface area contributed by atoms with E-state index in [2.05, 4.69) is 61.0 Å². The SMILES string of the molecule is CC1CC=C(c2ccc(=O)n(CC(=O)O)n2)CC1.COC(=O)Cn1nc(C2=CCC(C)CC2)ccc1=O.COC(=O)Cn1nc(Cl)ccc1=O.O=c1ccc(Cl)n[nH]1. The van der Waals surface area contributed by atoms with E-state index in [1.165, 1.54) is 50.6 Å². The van der Waals surface area contributed by atoms with Gasteiger partial charge >= 0.3 is 17.9 Å². The van der Waals surface area contributed by atoms with Crippen LogP contribution in [0.5, 0.6) is 0 Å². The van der Waals surface area contributed by atoms with Crippen molar-refractivity contribution in [3.8, 4) is 0 Å². The van der Waals surface area contributed by atoms with Crippen molar-refractivity contribution in [1.82, 2.24) is 39.5 Å². The topological polar surface area (TPSA) is 240 Å². The summed E-state index contributed by atoms with van der Waals surface area (Å²) in [5, 5.41) is 26.7. The Balaban J connectivity index is 0.000000216. The number of aromatic nitrogens is 8. The number of halogens is 2. The molecule has 0 amide bonds. The molecule has 20 heteroatoms. The average molecular weight is 844 g/mol. The lowest BCUT2D eigenvalue weighted by Gasteiger charge is -2.18. The molecule has 58 heavy (non-hydrogen) atoms. The minimum atomic E-state index is -1.06. The summed E-state index contributed by atoms with van der Waals surface area (Å²) < 4.78 is 12.0. The van der Waals surface area contributed by atoms with Gasteiger partial charge < -0.3 is 14.6 Å². The minimum Gasteiger partial charge on any atom is -0.480 e. The Bertz CT molecular complexity index is 2330. The number of carbonyl (C=O) groups is 3. The molecular weight excluding hydrogens is 799 g/mol. The van der Waals surface area contributed by atoms with Crippen molar-refractivity contribution >= 4 is 52.3 Å². The van der Waals surface area contributed by atoms with E-state index in [4.69, 9.17) is 28.3 Å². The van der Waals surface area contributed by atoms with E-state index in [9.17, 15) is 33.6 Å². The molecule has 2 unspecified atom stereocenters.